The van der Waals surface area contributed by atoms with Gasteiger partial charge in [0.2, 0.25) is 10.0 Å². The van der Waals surface area contributed by atoms with Crippen molar-refractivity contribution in [3.63, 3.8) is 0 Å². The van der Waals surface area contributed by atoms with E-state index in [1.54, 1.807) is 30.3 Å². The van der Waals surface area contributed by atoms with Crippen molar-refractivity contribution in [3.8, 4) is 11.5 Å². The van der Waals surface area contributed by atoms with Crippen molar-refractivity contribution in [2.45, 2.75) is 31.1 Å². The first-order valence-electron chi connectivity index (χ1n) is 7.70. The number of hydrogen-bond donors (Lipinski definition) is 3. The number of primary sulfonamides is 1. The molecule has 0 radical (unpaired) electrons. The van der Waals surface area contributed by atoms with E-state index in [1.165, 1.54) is 0 Å². The van der Waals surface area contributed by atoms with Crippen LogP contribution >= 0.6 is 0 Å². The van der Waals surface area contributed by atoms with Crippen LogP contribution < -0.4 is 15.6 Å². The number of carboxylic acids is 1. The Labute approximate surface area is 146 Å². The molecule has 2 rings (SSSR count). The van der Waals surface area contributed by atoms with Gasteiger partial charge >= 0.3 is 5.97 Å². The van der Waals surface area contributed by atoms with E-state index in [0.29, 0.717) is 24.2 Å². The van der Waals surface area contributed by atoms with Crippen LogP contribution in [0.1, 0.15) is 35.7 Å². The average Bonchev–Trinajstić information content (AvgIpc) is 2.55. The number of nitrogen functional groups attached to an aromatic ring is 1. The number of carboxylic acid groups (broad SMARTS) is 1. The minimum atomic E-state index is -4.24. The number of carbonyl (C=O) groups is 1. The van der Waals surface area contributed by atoms with E-state index < -0.39 is 20.9 Å². The number of aromatic carboxylic acids is 1. The van der Waals surface area contributed by atoms with E-state index >= 15 is 0 Å². The third-order valence-corrected chi connectivity index (χ3v) is 4.59. The SMILES string of the molecule is CCCCc1c(C(=O)O)cc(S(N)(=O)=O)c(Oc2ccccc2)c1N. The largest absolute Gasteiger partial charge is 0.478 e. The van der Waals surface area contributed by atoms with E-state index in [1.807, 2.05) is 6.92 Å². The number of rotatable bonds is 7. The maximum Gasteiger partial charge on any atom is 0.336 e. The van der Waals surface area contributed by atoms with Gasteiger partial charge in [0.1, 0.15) is 10.6 Å². The lowest BCUT2D eigenvalue weighted by Crippen LogP contribution is -2.17. The summed E-state index contributed by atoms with van der Waals surface area (Å²) in [4.78, 5) is 11.1. The highest BCUT2D eigenvalue weighted by atomic mass is 32.2. The number of nitrogens with two attached hydrogens (primary N) is 2. The Hall–Kier alpha value is -2.58. The zero-order valence-electron chi connectivity index (χ0n) is 13.7. The third kappa shape index (κ3) is 4.28. The van der Waals surface area contributed by atoms with Crippen LogP contribution in [0.3, 0.4) is 0 Å². The molecule has 2 aromatic carbocycles. The number of para-hydroxylation sites is 1. The summed E-state index contributed by atoms with van der Waals surface area (Å²) in [5.74, 6) is -1.05. The number of anilines is 1. The summed E-state index contributed by atoms with van der Waals surface area (Å²) < 4.78 is 29.5. The molecule has 0 saturated carbocycles. The lowest BCUT2D eigenvalue weighted by atomic mass is 9.99. The third-order valence-electron chi connectivity index (χ3n) is 3.67. The molecule has 0 saturated heterocycles. The van der Waals surface area contributed by atoms with Gasteiger partial charge in [-0.15, -0.1) is 0 Å². The second kappa shape index (κ2) is 7.54. The van der Waals surface area contributed by atoms with Gasteiger partial charge in [-0.25, -0.2) is 18.4 Å². The Morgan fingerprint density at radius 3 is 2.40 bits per heavy atom. The van der Waals surface area contributed by atoms with Crippen LogP contribution in [0.5, 0.6) is 11.5 Å². The first-order valence-corrected chi connectivity index (χ1v) is 9.24. The molecule has 134 valence electrons. The van der Waals surface area contributed by atoms with E-state index in [-0.39, 0.29) is 17.0 Å². The highest BCUT2D eigenvalue weighted by Crippen LogP contribution is 2.39. The van der Waals surface area contributed by atoms with Crippen LogP contribution in [0.25, 0.3) is 0 Å². The van der Waals surface area contributed by atoms with Crippen molar-refractivity contribution in [1.29, 1.82) is 0 Å². The number of sulfonamides is 1. The van der Waals surface area contributed by atoms with Gasteiger partial charge in [0, 0.05) is 0 Å². The molecule has 5 N–H and O–H groups in total. The minimum absolute atomic E-state index is 0.0266. The first kappa shape index (κ1) is 18.8. The second-order valence-electron chi connectivity index (χ2n) is 5.51. The lowest BCUT2D eigenvalue weighted by Gasteiger charge is -2.18. The summed E-state index contributed by atoms with van der Waals surface area (Å²) >= 11 is 0. The van der Waals surface area contributed by atoms with Gasteiger partial charge in [0.05, 0.1) is 11.3 Å². The van der Waals surface area contributed by atoms with Gasteiger partial charge in [0.25, 0.3) is 0 Å². The molecule has 2 aromatic rings. The Morgan fingerprint density at radius 2 is 1.88 bits per heavy atom. The maximum absolute atomic E-state index is 11.9. The summed E-state index contributed by atoms with van der Waals surface area (Å²) in [6.07, 6.45) is 1.91. The average molecular weight is 364 g/mol. The first-order chi connectivity index (χ1) is 11.8. The second-order valence-corrected chi connectivity index (χ2v) is 7.04. The molecule has 0 aromatic heterocycles. The molecule has 0 amide bonds. The van der Waals surface area contributed by atoms with Gasteiger partial charge in [-0.05, 0) is 36.6 Å². The Kier molecular flexibility index (Phi) is 5.66. The normalized spacial score (nSPS) is 11.3. The summed E-state index contributed by atoms with van der Waals surface area (Å²) in [7, 11) is -4.24. The highest BCUT2D eigenvalue weighted by Gasteiger charge is 2.26. The van der Waals surface area contributed by atoms with Crippen molar-refractivity contribution >= 4 is 21.7 Å². The number of ether oxygens (including phenoxy) is 1. The Balaban J connectivity index is 2.71. The zero-order chi connectivity index (χ0) is 18.6. The van der Waals surface area contributed by atoms with Crippen LogP contribution in [-0.2, 0) is 16.4 Å². The van der Waals surface area contributed by atoms with Crippen LogP contribution in [-0.4, -0.2) is 19.5 Å². The van der Waals surface area contributed by atoms with E-state index in [0.717, 1.165) is 12.5 Å². The summed E-state index contributed by atoms with van der Waals surface area (Å²) in [6.45, 7) is 1.96. The van der Waals surface area contributed by atoms with Crippen LogP contribution in [0, 0.1) is 0 Å². The van der Waals surface area contributed by atoms with Crippen molar-refractivity contribution < 1.29 is 23.1 Å². The summed E-state index contributed by atoms with van der Waals surface area (Å²) in [6, 6.07) is 9.47. The van der Waals surface area contributed by atoms with Gasteiger partial charge in [-0.3, -0.25) is 0 Å². The van der Waals surface area contributed by atoms with Crippen molar-refractivity contribution in [2.24, 2.45) is 5.14 Å². The summed E-state index contributed by atoms with van der Waals surface area (Å²) in [5.41, 5.74) is 6.23. The molecular weight excluding hydrogens is 344 g/mol. The van der Waals surface area contributed by atoms with Crippen LogP contribution in [0.15, 0.2) is 41.3 Å². The molecule has 7 nitrogen and oxygen atoms in total. The molecule has 25 heavy (non-hydrogen) atoms. The fourth-order valence-corrected chi connectivity index (χ4v) is 3.13. The van der Waals surface area contributed by atoms with Gasteiger partial charge in [-0.1, -0.05) is 31.5 Å². The Bertz CT molecular complexity index is 880. The predicted octanol–water partition coefficient (Wildman–Crippen LogP) is 2.75. The fraction of sp³-hybridized carbons (Fsp3) is 0.235. The minimum Gasteiger partial charge on any atom is -0.478 e. The smallest absolute Gasteiger partial charge is 0.336 e. The zero-order valence-corrected chi connectivity index (χ0v) is 14.5. The molecule has 0 heterocycles. The highest BCUT2D eigenvalue weighted by molar-refractivity contribution is 7.89. The van der Waals surface area contributed by atoms with E-state index in [9.17, 15) is 18.3 Å². The number of benzene rings is 2. The molecule has 0 aliphatic carbocycles. The standard InChI is InChI=1S/C17H20N2O5S/c1-2-3-9-12-13(17(20)21)10-14(25(19,22)23)16(15(12)18)24-11-7-5-4-6-8-11/h4-8,10H,2-3,9,18H2,1H3,(H,20,21)(H2,19,22,23). The number of unbranched alkanes of at least 4 members (excludes halogenated alkanes) is 1. The molecule has 0 atom stereocenters. The van der Waals surface area contributed by atoms with Crippen molar-refractivity contribution in [2.75, 3.05) is 5.73 Å². The molecular formula is C17H20N2O5S. The monoisotopic (exact) mass is 364 g/mol. The molecule has 0 spiro atoms. The van der Waals surface area contributed by atoms with Gasteiger partial charge < -0.3 is 15.6 Å². The molecule has 0 fully saturated rings. The fourth-order valence-electron chi connectivity index (χ4n) is 2.44. The predicted molar refractivity (Wildman–Crippen MR) is 94.3 cm³/mol. The molecule has 0 bridgehead atoms. The van der Waals surface area contributed by atoms with Gasteiger partial charge in [0.15, 0.2) is 5.75 Å². The van der Waals surface area contributed by atoms with Crippen molar-refractivity contribution in [3.05, 3.63) is 47.5 Å². The van der Waals surface area contributed by atoms with E-state index in [2.05, 4.69) is 0 Å². The molecule has 8 heteroatoms. The molecule has 0 aliphatic heterocycles. The Morgan fingerprint density at radius 1 is 1.24 bits per heavy atom. The topological polar surface area (TPSA) is 133 Å². The number of hydrogen-bond acceptors (Lipinski definition) is 5. The van der Waals surface area contributed by atoms with Crippen LogP contribution in [0.4, 0.5) is 5.69 Å². The summed E-state index contributed by atoms with van der Waals surface area (Å²) in [5, 5.41) is 14.7. The van der Waals surface area contributed by atoms with Crippen LogP contribution in [0.2, 0.25) is 0 Å². The quantitative estimate of drug-likeness (QED) is 0.647. The van der Waals surface area contributed by atoms with Crippen molar-refractivity contribution in [1.82, 2.24) is 0 Å². The van der Waals surface area contributed by atoms with Gasteiger partial charge in [-0.2, -0.15) is 0 Å². The maximum atomic E-state index is 11.9. The molecule has 0 unspecified atom stereocenters. The lowest BCUT2D eigenvalue weighted by molar-refractivity contribution is 0.0695. The molecule has 0 aliphatic rings. The van der Waals surface area contributed by atoms with E-state index in [4.69, 9.17) is 15.6 Å².